The quantitative estimate of drug-likeness (QED) is 0.595. The fraction of sp³-hybridized carbons (Fsp3) is 0.625. The van der Waals surface area contributed by atoms with Gasteiger partial charge in [-0.1, -0.05) is 44.0 Å². The molecular formula is C16H26N2. The van der Waals surface area contributed by atoms with E-state index >= 15 is 0 Å². The fourth-order valence-electron chi connectivity index (χ4n) is 3.16. The molecule has 1 aliphatic carbocycles. The summed E-state index contributed by atoms with van der Waals surface area (Å²) in [6, 6.07) is 9.41. The van der Waals surface area contributed by atoms with Gasteiger partial charge < -0.3 is 0 Å². The third kappa shape index (κ3) is 3.33. The molecule has 1 aliphatic rings. The van der Waals surface area contributed by atoms with Crippen LogP contribution in [0.15, 0.2) is 24.3 Å². The van der Waals surface area contributed by atoms with E-state index in [1.54, 1.807) is 11.1 Å². The number of benzene rings is 1. The predicted molar refractivity (Wildman–Crippen MR) is 77.4 cm³/mol. The van der Waals surface area contributed by atoms with Gasteiger partial charge in [-0.25, -0.2) is 0 Å². The summed E-state index contributed by atoms with van der Waals surface area (Å²) in [4.78, 5) is 0. The van der Waals surface area contributed by atoms with Gasteiger partial charge in [-0.2, -0.15) is 0 Å². The summed E-state index contributed by atoms with van der Waals surface area (Å²) in [5.74, 6) is 6.40. The summed E-state index contributed by atoms with van der Waals surface area (Å²) in [7, 11) is 0. The number of nitrogens with two attached hydrogens (primary N) is 1. The summed E-state index contributed by atoms with van der Waals surface area (Å²) in [6.45, 7) is 2.24. The smallest absolute Gasteiger partial charge is 0.0216 e. The number of aryl methyl sites for hydroxylation is 1. The molecule has 2 unspecified atom stereocenters. The van der Waals surface area contributed by atoms with Crippen molar-refractivity contribution < 1.29 is 0 Å². The highest BCUT2D eigenvalue weighted by molar-refractivity contribution is 5.32. The molecule has 2 atom stereocenters. The van der Waals surface area contributed by atoms with Crippen molar-refractivity contribution in [3.63, 3.8) is 0 Å². The van der Waals surface area contributed by atoms with E-state index in [4.69, 9.17) is 5.84 Å². The van der Waals surface area contributed by atoms with Gasteiger partial charge in [0, 0.05) is 6.04 Å². The Balaban J connectivity index is 2.01. The minimum Gasteiger partial charge on any atom is -0.271 e. The van der Waals surface area contributed by atoms with Crippen LogP contribution in [-0.2, 0) is 6.42 Å². The Labute approximate surface area is 111 Å². The van der Waals surface area contributed by atoms with E-state index in [0.29, 0.717) is 12.0 Å². The van der Waals surface area contributed by atoms with Crippen LogP contribution >= 0.6 is 0 Å². The summed E-state index contributed by atoms with van der Waals surface area (Å²) in [6.07, 6.45) is 8.80. The molecule has 3 N–H and O–H groups in total. The first-order valence-corrected chi connectivity index (χ1v) is 7.39. The largest absolute Gasteiger partial charge is 0.271 e. The zero-order valence-corrected chi connectivity index (χ0v) is 11.5. The Morgan fingerprint density at radius 1 is 1.39 bits per heavy atom. The summed E-state index contributed by atoms with van der Waals surface area (Å²) in [5.41, 5.74) is 6.14. The van der Waals surface area contributed by atoms with Gasteiger partial charge >= 0.3 is 0 Å². The lowest BCUT2D eigenvalue weighted by molar-refractivity contribution is 0.390. The molecule has 2 rings (SSSR count). The Morgan fingerprint density at radius 3 is 3.00 bits per heavy atom. The Kier molecular flexibility index (Phi) is 5.21. The van der Waals surface area contributed by atoms with E-state index in [2.05, 4.69) is 36.6 Å². The number of nitrogens with one attached hydrogen (secondary N) is 1. The van der Waals surface area contributed by atoms with Crippen molar-refractivity contribution in [3.05, 3.63) is 35.4 Å². The molecule has 18 heavy (non-hydrogen) atoms. The van der Waals surface area contributed by atoms with Gasteiger partial charge in [-0.05, 0) is 49.1 Å². The van der Waals surface area contributed by atoms with Crippen LogP contribution in [0.5, 0.6) is 0 Å². The zero-order valence-electron chi connectivity index (χ0n) is 11.5. The third-order valence-electron chi connectivity index (χ3n) is 4.20. The van der Waals surface area contributed by atoms with Crippen LogP contribution in [-0.4, -0.2) is 6.04 Å². The first kappa shape index (κ1) is 13.6. The van der Waals surface area contributed by atoms with Crippen LogP contribution in [0.3, 0.4) is 0 Å². The zero-order chi connectivity index (χ0) is 12.8. The van der Waals surface area contributed by atoms with Crippen molar-refractivity contribution in [2.45, 2.75) is 63.8 Å². The molecule has 0 bridgehead atoms. The van der Waals surface area contributed by atoms with Crippen molar-refractivity contribution in [2.75, 3.05) is 0 Å². The number of unbranched alkanes of at least 4 members (excludes halogenated alkanes) is 1. The molecule has 1 aromatic carbocycles. The lowest BCUT2D eigenvalue weighted by Crippen LogP contribution is -2.36. The Hall–Kier alpha value is -0.860. The number of rotatable bonds is 6. The molecule has 0 amide bonds. The molecular weight excluding hydrogens is 220 g/mol. The van der Waals surface area contributed by atoms with Gasteiger partial charge in [-0.15, -0.1) is 0 Å². The molecule has 0 radical (unpaired) electrons. The molecule has 0 spiro atoms. The second kappa shape index (κ2) is 6.91. The lowest BCUT2D eigenvalue weighted by atomic mass is 9.79. The molecule has 0 heterocycles. The van der Waals surface area contributed by atoms with Crippen molar-refractivity contribution >= 4 is 0 Å². The van der Waals surface area contributed by atoms with E-state index in [1.807, 2.05) is 0 Å². The van der Waals surface area contributed by atoms with Crippen LogP contribution in [0.2, 0.25) is 0 Å². The van der Waals surface area contributed by atoms with Gasteiger partial charge in [0.05, 0.1) is 0 Å². The average molecular weight is 246 g/mol. The SMILES string of the molecule is CCCCC(CC1CCCc2ccccc21)NN. The van der Waals surface area contributed by atoms with Gasteiger partial charge in [0.2, 0.25) is 0 Å². The van der Waals surface area contributed by atoms with Crippen molar-refractivity contribution in [1.82, 2.24) is 5.43 Å². The van der Waals surface area contributed by atoms with Crippen LogP contribution in [0.1, 0.15) is 62.5 Å². The number of hydrazine groups is 1. The van der Waals surface area contributed by atoms with Crippen LogP contribution < -0.4 is 11.3 Å². The number of hydrogen-bond acceptors (Lipinski definition) is 2. The van der Waals surface area contributed by atoms with Crippen LogP contribution in [0.4, 0.5) is 0 Å². The van der Waals surface area contributed by atoms with Gasteiger partial charge in [0.1, 0.15) is 0 Å². The van der Waals surface area contributed by atoms with E-state index < -0.39 is 0 Å². The van der Waals surface area contributed by atoms with E-state index in [9.17, 15) is 0 Å². The highest BCUT2D eigenvalue weighted by Gasteiger charge is 2.22. The minimum absolute atomic E-state index is 0.473. The average Bonchev–Trinajstić information content (AvgIpc) is 2.43. The van der Waals surface area contributed by atoms with E-state index in [-0.39, 0.29) is 0 Å². The Bertz CT molecular complexity index is 362. The summed E-state index contributed by atoms with van der Waals surface area (Å²) < 4.78 is 0. The van der Waals surface area contributed by atoms with E-state index in [0.717, 1.165) is 0 Å². The lowest BCUT2D eigenvalue weighted by Gasteiger charge is -2.28. The molecule has 100 valence electrons. The van der Waals surface area contributed by atoms with Gasteiger partial charge in [-0.3, -0.25) is 11.3 Å². The van der Waals surface area contributed by atoms with Crippen molar-refractivity contribution in [1.29, 1.82) is 0 Å². The number of fused-ring (bicyclic) bond motifs is 1. The molecule has 0 saturated heterocycles. The maximum absolute atomic E-state index is 5.70. The van der Waals surface area contributed by atoms with Crippen LogP contribution in [0.25, 0.3) is 0 Å². The second-order valence-corrected chi connectivity index (χ2v) is 5.53. The molecule has 1 aromatic rings. The standard InChI is InChI=1S/C16H26N2/c1-2-3-10-15(18-17)12-14-9-6-8-13-7-4-5-11-16(13)14/h4-5,7,11,14-15,18H,2-3,6,8-10,12,17H2,1H3. The maximum Gasteiger partial charge on any atom is 0.0216 e. The Morgan fingerprint density at radius 2 is 2.22 bits per heavy atom. The van der Waals surface area contributed by atoms with Gasteiger partial charge in [0.15, 0.2) is 0 Å². The first-order chi connectivity index (χ1) is 8.85. The molecule has 0 saturated carbocycles. The highest BCUT2D eigenvalue weighted by Crippen LogP contribution is 2.35. The van der Waals surface area contributed by atoms with E-state index in [1.165, 1.54) is 44.9 Å². The molecule has 0 aliphatic heterocycles. The van der Waals surface area contributed by atoms with Crippen molar-refractivity contribution in [3.8, 4) is 0 Å². The normalized spacial score (nSPS) is 20.4. The second-order valence-electron chi connectivity index (χ2n) is 5.53. The molecule has 0 fully saturated rings. The topological polar surface area (TPSA) is 38.0 Å². The van der Waals surface area contributed by atoms with Crippen molar-refractivity contribution in [2.24, 2.45) is 5.84 Å². The molecule has 2 nitrogen and oxygen atoms in total. The van der Waals surface area contributed by atoms with Gasteiger partial charge in [0.25, 0.3) is 0 Å². The number of hydrogen-bond donors (Lipinski definition) is 2. The fourth-order valence-corrected chi connectivity index (χ4v) is 3.16. The summed E-state index contributed by atoms with van der Waals surface area (Å²) in [5, 5.41) is 0. The molecule has 2 heteroatoms. The maximum atomic E-state index is 5.70. The first-order valence-electron chi connectivity index (χ1n) is 7.39. The minimum atomic E-state index is 0.473. The summed E-state index contributed by atoms with van der Waals surface area (Å²) >= 11 is 0. The monoisotopic (exact) mass is 246 g/mol. The molecule has 0 aromatic heterocycles. The predicted octanol–water partition coefficient (Wildman–Crippen LogP) is 3.52. The highest BCUT2D eigenvalue weighted by atomic mass is 15.2. The van der Waals surface area contributed by atoms with Crippen LogP contribution in [0, 0.1) is 0 Å². The third-order valence-corrected chi connectivity index (χ3v) is 4.20.